The van der Waals surface area contributed by atoms with Crippen LogP contribution in [-0.4, -0.2) is 4.98 Å². The van der Waals surface area contributed by atoms with Crippen molar-refractivity contribution in [2.24, 2.45) is 0 Å². The fraction of sp³-hybridized carbons (Fsp3) is 0.231. The molecule has 0 fully saturated rings. The highest BCUT2D eigenvalue weighted by Crippen LogP contribution is 2.22. The van der Waals surface area contributed by atoms with E-state index in [9.17, 15) is 0 Å². The van der Waals surface area contributed by atoms with Crippen molar-refractivity contribution < 1.29 is 4.74 Å². The summed E-state index contributed by atoms with van der Waals surface area (Å²) in [5, 5.41) is 9.52. The minimum absolute atomic E-state index is 0.413. The van der Waals surface area contributed by atoms with Gasteiger partial charge in [0.15, 0.2) is 0 Å². The van der Waals surface area contributed by atoms with Crippen LogP contribution in [0.1, 0.15) is 21.0 Å². The Bertz CT molecular complexity index is 569. The molecule has 0 N–H and O–H groups in total. The molecule has 4 heteroatoms. The van der Waals surface area contributed by atoms with Crippen molar-refractivity contribution in [3.8, 4) is 11.8 Å². The van der Waals surface area contributed by atoms with Crippen molar-refractivity contribution in [1.82, 2.24) is 4.98 Å². The average Bonchev–Trinajstić information content (AvgIpc) is 2.79. The van der Waals surface area contributed by atoms with E-state index >= 15 is 0 Å². The molecule has 0 radical (unpaired) electrons. The molecule has 0 bridgehead atoms. The standard InChI is InChI=1S/C13H12N2OS/c1-9-4-3-5-12(10(9)2)16-8-13-15-7-11(6-14)17-13/h3-5,7H,8H2,1-2H3. The van der Waals surface area contributed by atoms with Crippen molar-refractivity contribution >= 4 is 11.3 Å². The molecule has 1 heterocycles. The minimum atomic E-state index is 0.413. The Morgan fingerprint density at radius 1 is 1.41 bits per heavy atom. The molecule has 0 unspecified atom stereocenters. The highest BCUT2D eigenvalue weighted by molar-refractivity contribution is 7.12. The zero-order valence-electron chi connectivity index (χ0n) is 9.73. The molecular formula is C13H12N2OS. The van der Waals surface area contributed by atoms with E-state index in [-0.39, 0.29) is 0 Å². The molecule has 0 saturated carbocycles. The summed E-state index contributed by atoms with van der Waals surface area (Å²) in [6.45, 7) is 4.50. The summed E-state index contributed by atoms with van der Waals surface area (Å²) in [6, 6.07) is 8.04. The molecule has 0 aliphatic rings. The van der Waals surface area contributed by atoms with Gasteiger partial charge in [-0.1, -0.05) is 12.1 Å². The maximum atomic E-state index is 8.70. The lowest BCUT2D eigenvalue weighted by Crippen LogP contribution is -1.97. The van der Waals surface area contributed by atoms with Gasteiger partial charge in [0.05, 0.1) is 6.20 Å². The summed E-state index contributed by atoms with van der Waals surface area (Å²) in [7, 11) is 0. The van der Waals surface area contributed by atoms with E-state index in [0.29, 0.717) is 11.5 Å². The molecule has 0 aliphatic heterocycles. The summed E-state index contributed by atoms with van der Waals surface area (Å²) in [5.74, 6) is 0.874. The van der Waals surface area contributed by atoms with Crippen molar-refractivity contribution in [2.45, 2.75) is 20.5 Å². The number of ether oxygens (including phenoxy) is 1. The first-order valence-corrected chi connectivity index (χ1v) is 6.06. The number of hydrogen-bond acceptors (Lipinski definition) is 4. The second kappa shape index (κ2) is 4.98. The number of hydrogen-bond donors (Lipinski definition) is 0. The summed E-state index contributed by atoms with van der Waals surface area (Å²) in [6.07, 6.45) is 1.58. The maximum Gasteiger partial charge on any atom is 0.140 e. The van der Waals surface area contributed by atoms with Crippen molar-refractivity contribution in [2.75, 3.05) is 0 Å². The molecule has 0 saturated heterocycles. The van der Waals surface area contributed by atoms with Crippen molar-refractivity contribution in [1.29, 1.82) is 5.26 Å². The third kappa shape index (κ3) is 2.63. The smallest absolute Gasteiger partial charge is 0.140 e. The highest BCUT2D eigenvalue weighted by atomic mass is 32.1. The monoisotopic (exact) mass is 244 g/mol. The molecular weight excluding hydrogens is 232 g/mol. The van der Waals surface area contributed by atoms with Gasteiger partial charge in [-0.05, 0) is 31.0 Å². The van der Waals surface area contributed by atoms with E-state index in [4.69, 9.17) is 10.00 Å². The zero-order valence-corrected chi connectivity index (χ0v) is 10.5. The average molecular weight is 244 g/mol. The van der Waals surface area contributed by atoms with Crippen LogP contribution >= 0.6 is 11.3 Å². The van der Waals surface area contributed by atoms with Gasteiger partial charge >= 0.3 is 0 Å². The van der Waals surface area contributed by atoms with Crippen LogP contribution in [0.2, 0.25) is 0 Å². The molecule has 0 aliphatic carbocycles. The van der Waals surface area contributed by atoms with Crippen LogP contribution in [0.4, 0.5) is 0 Å². The first kappa shape index (κ1) is 11.6. The number of aryl methyl sites for hydroxylation is 1. The maximum absolute atomic E-state index is 8.70. The second-order valence-corrected chi connectivity index (χ2v) is 4.83. The Morgan fingerprint density at radius 3 is 2.94 bits per heavy atom. The van der Waals surface area contributed by atoms with Crippen LogP contribution in [0.3, 0.4) is 0 Å². The third-order valence-electron chi connectivity index (χ3n) is 2.57. The van der Waals surface area contributed by atoms with Gasteiger partial charge in [-0.3, -0.25) is 0 Å². The number of aromatic nitrogens is 1. The van der Waals surface area contributed by atoms with Crippen LogP contribution < -0.4 is 4.74 Å². The summed E-state index contributed by atoms with van der Waals surface area (Å²) in [4.78, 5) is 4.74. The van der Waals surface area contributed by atoms with Gasteiger partial charge in [0.1, 0.15) is 28.3 Å². The number of nitrogens with zero attached hydrogens (tertiary/aromatic N) is 2. The van der Waals surface area contributed by atoms with Crippen LogP contribution in [0.5, 0.6) is 5.75 Å². The predicted octanol–water partition coefficient (Wildman–Crippen LogP) is 3.21. The quantitative estimate of drug-likeness (QED) is 0.832. The lowest BCUT2D eigenvalue weighted by molar-refractivity contribution is 0.303. The predicted molar refractivity (Wildman–Crippen MR) is 67.1 cm³/mol. The van der Waals surface area contributed by atoms with Gasteiger partial charge in [0.25, 0.3) is 0 Å². The molecule has 0 atom stereocenters. The largest absolute Gasteiger partial charge is 0.486 e. The second-order valence-electron chi connectivity index (χ2n) is 3.72. The molecule has 2 rings (SSSR count). The Balaban J connectivity index is 2.07. The van der Waals surface area contributed by atoms with Crippen LogP contribution in [0, 0.1) is 25.2 Å². The number of benzene rings is 1. The summed E-state index contributed by atoms with van der Waals surface area (Å²) >= 11 is 1.36. The van der Waals surface area contributed by atoms with E-state index in [1.807, 2.05) is 19.1 Å². The van der Waals surface area contributed by atoms with E-state index in [0.717, 1.165) is 16.3 Å². The molecule has 0 amide bonds. The molecule has 86 valence electrons. The first-order chi connectivity index (χ1) is 8.20. The van der Waals surface area contributed by atoms with Gasteiger partial charge in [0, 0.05) is 0 Å². The lowest BCUT2D eigenvalue weighted by atomic mass is 10.1. The van der Waals surface area contributed by atoms with E-state index in [1.54, 1.807) is 6.20 Å². The minimum Gasteiger partial charge on any atom is -0.486 e. The van der Waals surface area contributed by atoms with Crippen molar-refractivity contribution in [3.63, 3.8) is 0 Å². The Morgan fingerprint density at radius 2 is 2.24 bits per heavy atom. The normalized spacial score (nSPS) is 9.94. The molecule has 1 aromatic carbocycles. The van der Waals surface area contributed by atoms with Crippen LogP contribution in [0.25, 0.3) is 0 Å². The van der Waals surface area contributed by atoms with Crippen LogP contribution in [-0.2, 0) is 6.61 Å². The molecule has 0 spiro atoms. The Labute approximate surface area is 104 Å². The van der Waals surface area contributed by atoms with Gasteiger partial charge in [-0.15, -0.1) is 11.3 Å². The highest BCUT2D eigenvalue weighted by Gasteiger charge is 2.05. The Hall–Kier alpha value is -1.86. The first-order valence-electron chi connectivity index (χ1n) is 5.24. The van der Waals surface area contributed by atoms with E-state index in [2.05, 4.69) is 24.0 Å². The molecule has 2 aromatic rings. The van der Waals surface area contributed by atoms with Crippen molar-refractivity contribution in [3.05, 3.63) is 45.4 Å². The zero-order chi connectivity index (χ0) is 12.3. The van der Waals surface area contributed by atoms with E-state index < -0.39 is 0 Å². The Kier molecular flexibility index (Phi) is 3.40. The molecule has 1 aromatic heterocycles. The molecule has 17 heavy (non-hydrogen) atoms. The van der Waals surface area contributed by atoms with Gasteiger partial charge in [0.2, 0.25) is 0 Å². The van der Waals surface area contributed by atoms with Gasteiger partial charge < -0.3 is 4.74 Å². The SMILES string of the molecule is Cc1cccc(OCc2ncc(C#N)s2)c1C. The molecule has 3 nitrogen and oxygen atoms in total. The van der Waals surface area contributed by atoms with E-state index in [1.165, 1.54) is 16.9 Å². The summed E-state index contributed by atoms with van der Waals surface area (Å²) < 4.78 is 5.70. The third-order valence-corrected chi connectivity index (χ3v) is 3.45. The number of nitriles is 1. The number of thiazole rings is 1. The number of rotatable bonds is 3. The van der Waals surface area contributed by atoms with Gasteiger partial charge in [-0.25, -0.2) is 4.98 Å². The van der Waals surface area contributed by atoms with Gasteiger partial charge in [-0.2, -0.15) is 5.26 Å². The summed E-state index contributed by atoms with van der Waals surface area (Å²) in [5.41, 5.74) is 2.35. The fourth-order valence-corrected chi connectivity index (χ4v) is 2.08. The lowest BCUT2D eigenvalue weighted by Gasteiger charge is -2.09. The topological polar surface area (TPSA) is 45.9 Å². The van der Waals surface area contributed by atoms with Crippen LogP contribution in [0.15, 0.2) is 24.4 Å². The fourth-order valence-electron chi connectivity index (χ4n) is 1.45.